The van der Waals surface area contributed by atoms with Crippen molar-refractivity contribution in [3.63, 3.8) is 0 Å². The molecular formula is C8H9N5O. The number of rotatable bonds is 0. The Balaban J connectivity index is 2.58. The maximum atomic E-state index is 11.6. The quantitative estimate of drug-likeness (QED) is 0.603. The maximum absolute atomic E-state index is 11.6. The van der Waals surface area contributed by atoms with Crippen molar-refractivity contribution in [3.8, 4) is 0 Å². The summed E-state index contributed by atoms with van der Waals surface area (Å²) >= 11 is 0. The monoisotopic (exact) mass is 191 g/mol. The average Bonchev–Trinajstić information content (AvgIpc) is 2.60. The standard InChI is InChI=1S/C8H9N5O/c1-12(2)8(14)13-5-11-7-6(13)3-9-4-10-7/h3-5H,1-2H3. The number of nitrogens with zero attached hydrogens (tertiary/aromatic N) is 5. The van der Waals surface area contributed by atoms with Crippen LogP contribution in [0.5, 0.6) is 0 Å². The lowest BCUT2D eigenvalue weighted by Crippen LogP contribution is -2.26. The number of hydrogen-bond acceptors (Lipinski definition) is 4. The first kappa shape index (κ1) is 8.61. The van der Waals surface area contributed by atoms with Crippen molar-refractivity contribution >= 4 is 17.2 Å². The van der Waals surface area contributed by atoms with Gasteiger partial charge in [0.15, 0.2) is 5.65 Å². The molecule has 2 aromatic heterocycles. The molecule has 0 aliphatic heterocycles. The van der Waals surface area contributed by atoms with Crippen LogP contribution in [0.15, 0.2) is 18.9 Å². The first-order valence-corrected chi connectivity index (χ1v) is 4.05. The van der Waals surface area contributed by atoms with E-state index in [-0.39, 0.29) is 6.03 Å². The molecule has 0 unspecified atom stereocenters. The fourth-order valence-electron chi connectivity index (χ4n) is 1.13. The van der Waals surface area contributed by atoms with Gasteiger partial charge in [-0.25, -0.2) is 24.3 Å². The Labute approximate surface area is 80.2 Å². The smallest absolute Gasteiger partial charge is 0.329 e. The summed E-state index contributed by atoms with van der Waals surface area (Å²) in [5.41, 5.74) is 1.14. The summed E-state index contributed by atoms with van der Waals surface area (Å²) in [6, 6.07) is -0.165. The predicted molar refractivity (Wildman–Crippen MR) is 49.8 cm³/mol. The number of carbonyl (C=O) groups is 1. The van der Waals surface area contributed by atoms with Gasteiger partial charge in [0.2, 0.25) is 0 Å². The van der Waals surface area contributed by atoms with Crippen molar-refractivity contribution in [3.05, 3.63) is 18.9 Å². The van der Waals surface area contributed by atoms with Crippen molar-refractivity contribution < 1.29 is 4.79 Å². The van der Waals surface area contributed by atoms with Crippen LogP contribution >= 0.6 is 0 Å². The largest absolute Gasteiger partial charge is 0.330 e. The van der Waals surface area contributed by atoms with Crippen LogP contribution in [0.3, 0.4) is 0 Å². The Morgan fingerprint density at radius 1 is 1.43 bits per heavy atom. The van der Waals surface area contributed by atoms with Crippen LogP contribution in [-0.2, 0) is 0 Å². The fourth-order valence-corrected chi connectivity index (χ4v) is 1.13. The molecule has 6 heteroatoms. The van der Waals surface area contributed by atoms with Gasteiger partial charge in [-0.15, -0.1) is 0 Å². The maximum Gasteiger partial charge on any atom is 0.329 e. The van der Waals surface area contributed by atoms with Crippen molar-refractivity contribution in [2.24, 2.45) is 0 Å². The molecule has 0 aliphatic carbocycles. The van der Waals surface area contributed by atoms with Gasteiger partial charge >= 0.3 is 6.03 Å². The highest BCUT2D eigenvalue weighted by molar-refractivity contribution is 5.86. The van der Waals surface area contributed by atoms with E-state index >= 15 is 0 Å². The third kappa shape index (κ3) is 1.20. The topological polar surface area (TPSA) is 63.9 Å². The SMILES string of the molecule is CN(C)C(=O)n1cnc2ncncc21. The van der Waals surface area contributed by atoms with E-state index in [0.29, 0.717) is 11.2 Å². The van der Waals surface area contributed by atoms with Crippen LogP contribution in [0.1, 0.15) is 0 Å². The summed E-state index contributed by atoms with van der Waals surface area (Å²) in [5, 5.41) is 0. The highest BCUT2D eigenvalue weighted by atomic mass is 16.2. The average molecular weight is 191 g/mol. The molecule has 2 rings (SSSR count). The first-order valence-electron chi connectivity index (χ1n) is 4.05. The molecule has 0 saturated carbocycles. The third-order valence-electron chi connectivity index (χ3n) is 1.82. The van der Waals surface area contributed by atoms with Gasteiger partial charge in [-0.1, -0.05) is 0 Å². The lowest BCUT2D eigenvalue weighted by atomic mass is 10.5. The minimum atomic E-state index is -0.165. The highest BCUT2D eigenvalue weighted by Gasteiger charge is 2.11. The van der Waals surface area contributed by atoms with Gasteiger partial charge in [-0.2, -0.15) is 0 Å². The zero-order valence-corrected chi connectivity index (χ0v) is 7.88. The Morgan fingerprint density at radius 3 is 2.93 bits per heavy atom. The lowest BCUT2D eigenvalue weighted by Gasteiger charge is -2.10. The number of hydrogen-bond donors (Lipinski definition) is 0. The van der Waals surface area contributed by atoms with Gasteiger partial charge in [0, 0.05) is 14.1 Å². The molecule has 0 spiro atoms. The normalized spacial score (nSPS) is 10.4. The number of fused-ring (bicyclic) bond motifs is 1. The number of aromatic nitrogens is 4. The molecule has 2 aromatic rings. The number of amides is 1. The highest BCUT2D eigenvalue weighted by Crippen LogP contribution is 2.07. The molecule has 0 fully saturated rings. The predicted octanol–water partition coefficient (Wildman–Crippen LogP) is 0.356. The molecule has 0 atom stereocenters. The van der Waals surface area contributed by atoms with Gasteiger partial charge in [-0.3, -0.25) is 0 Å². The molecule has 72 valence electrons. The molecule has 2 heterocycles. The molecule has 0 radical (unpaired) electrons. The van der Waals surface area contributed by atoms with Gasteiger partial charge in [0.05, 0.1) is 6.20 Å². The minimum Gasteiger partial charge on any atom is -0.330 e. The van der Waals surface area contributed by atoms with Crippen LogP contribution in [-0.4, -0.2) is 44.5 Å². The summed E-state index contributed by atoms with van der Waals surface area (Å²) in [6.07, 6.45) is 4.41. The van der Waals surface area contributed by atoms with E-state index in [1.165, 1.54) is 22.1 Å². The van der Waals surface area contributed by atoms with Gasteiger partial charge in [0.1, 0.15) is 18.2 Å². The molecular weight excluding hydrogens is 182 g/mol. The van der Waals surface area contributed by atoms with E-state index in [9.17, 15) is 4.79 Å². The lowest BCUT2D eigenvalue weighted by molar-refractivity contribution is 0.220. The van der Waals surface area contributed by atoms with Crippen LogP contribution in [0.4, 0.5) is 4.79 Å². The van der Waals surface area contributed by atoms with E-state index < -0.39 is 0 Å². The Bertz CT molecular complexity index is 475. The van der Waals surface area contributed by atoms with E-state index in [1.807, 2.05) is 0 Å². The van der Waals surface area contributed by atoms with Crippen LogP contribution < -0.4 is 0 Å². The minimum absolute atomic E-state index is 0.165. The summed E-state index contributed by atoms with van der Waals surface area (Å²) in [7, 11) is 3.36. The molecule has 14 heavy (non-hydrogen) atoms. The summed E-state index contributed by atoms with van der Waals surface area (Å²) in [5.74, 6) is 0. The Kier molecular flexibility index (Phi) is 1.88. The number of imidazole rings is 1. The van der Waals surface area contributed by atoms with Gasteiger partial charge < -0.3 is 4.90 Å². The van der Waals surface area contributed by atoms with Crippen LogP contribution in [0.25, 0.3) is 11.2 Å². The molecule has 0 bridgehead atoms. The second-order valence-corrected chi connectivity index (χ2v) is 3.02. The summed E-state index contributed by atoms with van der Waals surface area (Å²) in [6.45, 7) is 0. The second kappa shape index (κ2) is 3.06. The van der Waals surface area contributed by atoms with E-state index in [0.717, 1.165) is 0 Å². The molecule has 6 nitrogen and oxygen atoms in total. The van der Waals surface area contributed by atoms with E-state index in [2.05, 4.69) is 15.0 Å². The summed E-state index contributed by atoms with van der Waals surface area (Å²) < 4.78 is 1.41. The zero-order valence-electron chi connectivity index (χ0n) is 7.88. The van der Waals surface area contributed by atoms with Crippen molar-refractivity contribution in [1.82, 2.24) is 24.4 Å². The van der Waals surface area contributed by atoms with Crippen molar-refractivity contribution in [2.75, 3.05) is 14.1 Å². The first-order chi connectivity index (χ1) is 6.70. The van der Waals surface area contributed by atoms with Gasteiger partial charge in [0.25, 0.3) is 0 Å². The molecule has 1 amide bonds. The zero-order chi connectivity index (χ0) is 10.1. The summed E-state index contributed by atoms with van der Waals surface area (Å²) in [4.78, 5) is 24.8. The Hall–Kier alpha value is -1.98. The molecule has 0 saturated heterocycles. The van der Waals surface area contributed by atoms with Crippen LogP contribution in [0.2, 0.25) is 0 Å². The van der Waals surface area contributed by atoms with E-state index in [1.54, 1.807) is 20.3 Å². The fraction of sp³-hybridized carbons (Fsp3) is 0.250. The second-order valence-electron chi connectivity index (χ2n) is 3.02. The van der Waals surface area contributed by atoms with E-state index in [4.69, 9.17) is 0 Å². The Morgan fingerprint density at radius 2 is 2.21 bits per heavy atom. The van der Waals surface area contributed by atoms with Gasteiger partial charge in [-0.05, 0) is 0 Å². The van der Waals surface area contributed by atoms with Crippen LogP contribution in [0, 0.1) is 0 Å². The molecule has 0 N–H and O–H groups in total. The van der Waals surface area contributed by atoms with Crippen molar-refractivity contribution in [1.29, 1.82) is 0 Å². The number of carbonyl (C=O) groups excluding carboxylic acids is 1. The van der Waals surface area contributed by atoms with Crippen molar-refractivity contribution in [2.45, 2.75) is 0 Å². The molecule has 0 aromatic carbocycles. The third-order valence-corrected chi connectivity index (χ3v) is 1.82. The molecule has 0 aliphatic rings.